The van der Waals surface area contributed by atoms with E-state index in [4.69, 9.17) is 51.8 Å². The highest BCUT2D eigenvalue weighted by Crippen LogP contribution is 2.28. The Balaban J connectivity index is 1.74. The summed E-state index contributed by atoms with van der Waals surface area (Å²) < 4.78 is 5.69. The van der Waals surface area contributed by atoms with E-state index in [1.54, 1.807) is 36.4 Å². The summed E-state index contributed by atoms with van der Waals surface area (Å²) >= 11 is 22.9. The Hall–Kier alpha value is -2.12. The van der Waals surface area contributed by atoms with Gasteiger partial charge in [0.25, 0.3) is 11.8 Å². The fourth-order valence-electron chi connectivity index (χ4n) is 2.29. The number of rotatable bonds is 4. The van der Waals surface area contributed by atoms with E-state index in [-0.39, 0.29) is 17.3 Å². The standard InChI is InChI=1S/C18H11Cl3N2O3S/c19-12-3-1-10(7-13(12)20)8-26-15-4-2-9(6-14(15)21)5-11-16(24)22-18(27)23-17(11)25/h1-7H,8H2,(H2,22,23,24,25,27). The first-order valence-electron chi connectivity index (χ1n) is 7.58. The highest BCUT2D eigenvalue weighted by atomic mass is 35.5. The normalized spacial score (nSPS) is 13.9. The zero-order chi connectivity index (χ0) is 19.6. The summed E-state index contributed by atoms with van der Waals surface area (Å²) in [4.78, 5) is 23.8. The van der Waals surface area contributed by atoms with E-state index in [0.29, 0.717) is 26.4 Å². The lowest BCUT2D eigenvalue weighted by Crippen LogP contribution is -2.51. The molecule has 1 saturated heterocycles. The van der Waals surface area contributed by atoms with Crippen LogP contribution in [0.25, 0.3) is 6.08 Å². The fourth-order valence-corrected chi connectivity index (χ4v) is 3.04. The molecule has 1 aliphatic rings. The molecular formula is C18H11Cl3N2O3S. The van der Waals surface area contributed by atoms with Gasteiger partial charge in [0.1, 0.15) is 17.9 Å². The van der Waals surface area contributed by atoms with E-state index >= 15 is 0 Å². The second-order valence-electron chi connectivity index (χ2n) is 5.52. The molecule has 2 N–H and O–H groups in total. The number of thiocarbonyl (C=S) groups is 1. The van der Waals surface area contributed by atoms with Crippen molar-refractivity contribution in [1.29, 1.82) is 0 Å². The number of nitrogens with one attached hydrogen (secondary N) is 2. The van der Waals surface area contributed by atoms with Crippen molar-refractivity contribution in [3.63, 3.8) is 0 Å². The van der Waals surface area contributed by atoms with Crippen molar-refractivity contribution in [2.75, 3.05) is 0 Å². The van der Waals surface area contributed by atoms with Crippen molar-refractivity contribution in [1.82, 2.24) is 10.6 Å². The van der Waals surface area contributed by atoms with E-state index in [1.165, 1.54) is 6.08 Å². The van der Waals surface area contributed by atoms with Crippen LogP contribution in [0.2, 0.25) is 15.1 Å². The van der Waals surface area contributed by atoms with Gasteiger partial charge in [-0.15, -0.1) is 0 Å². The van der Waals surface area contributed by atoms with E-state index in [1.807, 2.05) is 0 Å². The lowest BCUT2D eigenvalue weighted by molar-refractivity contribution is -0.123. The molecule has 0 aromatic heterocycles. The van der Waals surface area contributed by atoms with Crippen LogP contribution in [0.4, 0.5) is 0 Å². The monoisotopic (exact) mass is 440 g/mol. The molecule has 2 aromatic rings. The molecular weight excluding hydrogens is 431 g/mol. The lowest BCUT2D eigenvalue weighted by Gasteiger charge is -2.16. The topological polar surface area (TPSA) is 67.4 Å². The van der Waals surface area contributed by atoms with Crippen molar-refractivity contribution in [2.45, 2.75) is 6.61 Å². The molecule has 0 spiro atoms. The van der Waals surface area contributed by atoms with Gasteiger partial charge in [0, 0.05) is 0 Å². The summed E-state index contributed by atoms with van der Waals surface area (Å²) in [6, 6.07) is 10.1. The van der Waals surface area contributed by atoms with Crippen LogP contribution in [-0.2, 0) is 16.2 Å². The predicted octanol–water partition coefficient (Wildman–Crippen LogP) is 4.14. The number of hydrogen-bond donors (Lipinski definition) is 2. The van der Waals surface area contributed by atoms with Gasteiger partial charge in [-0.2, -0.15) is 0 Å². The predicted molar refractivity (Wildman–Crippen MR) is 109 cm³/mol. The third-order valence-corrected chi connectivity index (χ3v) is 4.83. The van der Waals surface area contributed by atoms with Gasteiger partial charge >= 0.3 is 0 Å². The maximum atomic E-state index is 11.9. The van der Waals surface area contributed by atoms with Gasteiger partial charge in [-0.3, -0.25) is 20.2 Å². The van der Waals surface area contributed by atoms with E-state index < -0.39 is 11.8 Å². The lowest BCUT2D eigenvalue weighted by atomic mass is 10.1. The smallest absolute Gasteiger partial charge is 0.263 e. The molecule has 5 nitrogen and oxygen atoms in total. The van der Waals surface area contributed by atoms with Gasteiger partial charge < -0.3 is 4.74 Å². The van der Waals surface area contributed by atoms with Crippen molar-refractivity contribution in [3.8, 4) is 5.75 Å². The highest BCUT2D eigenvalue weighted by Gasteiger charge is 2.25. The van der Waals surface area contributed by atoms with Gasteiger partial charge in [-0.05, 0) is 53.7 Å². The van der Waals surface area contributed by atoms with Gasteiger partial charge in [0.2, 0.25) is 0 Å². The fraction of sp³-hybridized carbons (Fsp3) is 0.0556. The Morgan fingerprint density at radius 1 is 0.926 bits per heavy atom. The van der Waals surface area contributed by atoms with Gasteiger partial charge in [-0.1, -0.05) is 46.9 Å². The van der Waals surface area contributed by atoms with Crippen LogP contribution >= 0.6 is 47.0 Å². The molecule has 0 unspecified atom stereocenters. The number of halogens is 3. The molecule has 0 atom stereocenters. The molecule has 3 rings (SSSR count). The molecule has 0 bridgehead atoms. The minimum atomic E-state index is -0.570. The van der Waals surface area contributed by atoms with E-state index in [0.717, 1.165) is 5.56 Å². The number of carbonyl (C=O) groups is 2. The molecule has 1 fully saturated rings. The maximum Gasteiger partial charge on any atom is 0.263 e. The first-order valence-corrected chi connectivity index (χ1v) is 9.12. The van der Waals surface area contributed by atoms with Gasteiger partial charge in [0.15, 0.2) is 5.11 Å². The van der Waals surface area contributed by atoms with E-state index in [2.05, 4.69) is 10.6 Å². The molecule has 1 heterocycles. The number of ether oxygens (including phenoxy) is 1. The number of hydrogen-bond acceptors (Lipinski definition) is 4. The summed E-state index contributed by atoms with van der Waals surface area (Å²) in [5.74, 6) is -0.691. The Kier molecular flexibility index (Phi) is 6.01. The van der Waals surface area contributed by atoms with Gasteiger partial charge in [0.05, 0.1) is 15.1 Å². The third-order valence-electron chi connectivity index (χ3n) is 3.59. The Morgan fingerprint density at radius 2 is 1.63 bits per heavy atom. The molecule has 138 valence electrons. The minimum Gasteiger partial charge on any atom is -0.487 e. The summed E-state index contributed by atoms with van der Waals surface area (Å²) in [7, 11) is 0. The zero-order valence-electron chi connectivity index (χ0n) is 13.5. The molecule has 0 aliphatic carbocycles. The quantitative estimate of drug-likeness (QED) is 0.425. The number of amides is 2. The SMILES string of the molecule is O=C1NC(=S)NC(=O)C1=Cc1ccc(OCc2ccc(Cl)c(Cl)c2)c(Cl)c1. The Labute approximate surface area is 175 Å². The Bertz CT molecular complexity index is 970. The molecule has 9 heteroatoms. The van der Waals surface area contributed by atoms with Crippen LogP contribution in [-0.4, -0.2) is 16.9 Å². The van der Waals surface area contributed by atoms with Gasteiger partial charge in [-0.25, -0.2) is 0 Å². The van der Waals surface area contributed by atoms with Crippen LogP contribution in [0.3, 0.4) is 0 Å². The van der Waals surface area contributed by atoms with Crippen LogP contribution in [0.5, 0.6) is 5.75 Å². The zero-order valence-corrected chi connectivity index (χ0v) is 16.6. The summed E-state index contributed by atoms with van der Waals surface area (Å²) in [5.41, 5.74) is 1.33. The first-order chi connectivity index (χ1) is 12.8. The molecule has 0 radical (unpaired) electrons. The molecule has 2 amide bonds. The maximum absolute atomic E-state index is 11.9. The average molecular weight is 442 g/mol. The number of benzene rings is 2. The summed E-state index contributed by atoms with van der Waals surface area (Å²) in [6.45, 7) is 0.249. The summed E-state index contributed by atoms with van der Waals surface area (Å²) in [6.07, 6.45) is 1.42. The number of carbonyl (C=O) groups excluding carboxylic acids is 2. The van der Waals surface area contributed by atoms with Crippen molar-refractivity contribution in [3.05, 3.63) is 68.2 Å². The Morgan fingerprint density at radius 3 is 2.26 bits per heavy atom. The second-order valence-corrected chi connectivity index (χ2v) is 7.15. The van der Waals surface area contributed by atoms with Crippen LogP contribution in [0.15, 0.2) is 42.0 Å². The highest BCUT2D eigenvalue weighted by molar-refractivity contribution is 7.80. The molecule has 1 aliphatic heterocycles. The van der Waals surface area contributed by atoms with Crippen LogP contribution < -0.4 is 15.4 Å². The van der Waals surface area contributed by atoms with Crippen LogP contribution in [0.1, 0.15) is 11.1 Å². The minimum absolute atomic E-state index is 0.0220. The van der Waals surface area contributed by atoms with Crippen molar-refractivity contribution in [2.24, 2.45) is 0 Å². The van der Waals surface area contributed by atoms with Crippen LogP contribution in [0, 0.1) is 0 Å². The first kappa shape index (κ1) is 19.6. The average Bonchev–Trinajstić information content (AvgIpc) is 2.60. The third kappa shape index (κ3) is 4.78. The molecule has 27 heavy (non-hydrogen) atoms. The molecule has 0 saturated carbocycles. The van der Waals surface area contributed by atoms with E-state index in [9.17, 15) is 9.59 Å². The molecule has 2 aromatic carbocycles. The van der Waals surface area contributed by atoms with Crippen molar-refractivity contribution >= 4 is 70.0 Å². The summed E-state index contributed by atoms with van der Waals surface area (Å²) in [5, 5.41) is 5.95. The van der Waals surface area contributed by atoms with Crippen molar-refractivity contribution < 1.29 is 14.3 Å². The second kappa shape index (κ2) is 8.27. The largest absolute Gasteiger partial charge is 0.487 e.